The van der Waals surface area contributed by atoms with Crippen LogP contribution in [0.15, 0.2) is 54.0 Å². The van der Waals surface area contributed by atoms with Crippen molar-refractivity contribution in [2.45, 2.75) is 20.8 Å². The predicted octanol–water partition coefficient (Wildman–Crippen LogP) is 7.48. The number of benzene rings is 3. The molecule has 0 aliphatic heterocycles. The van der Waals surface area contributed by atoms with E-state index in [0.29, 0.717) is 0 Å². The molecule has 0 saturated carbocycles. The molecule has 3 aromatic carbocycles. The lowest BCUT2D eigenvalue weighted by molar-refractivity contribution is 1.32. The minimum Gasteiger partial charge on any atom is -0.0984 e. The molecule has 0 fully saturated rings. The average Bonchev–Trinajstić information content (AvgIpc) is 2.55. The number of halogens is 1. The van der Waals surface area contributed by atoms with Crippen LogP contribution in [0.5, 0.6) is 0 Å². The van der Waals surface area contributed by atoms with E-state index in [2.05, 4.69) is 86.3 Å². The Morgan fingerprint density at radius 2 is 1.33 bits per heavy atom. The summed E-state index contributed by atoms with van der Waals surface area (Å²) in [4.78, 5) is 0. The van der Waals surface area contributed by atoms with Crippen molar-refractivity contribution in [3.8, 4) is 11.1 Å². The molecule has 24 heavy (non-hydrogen) atoms. The quantitative estimate of drug-likeness (QED) is 0.444. The highest BCUT2D eigenvalue weighted by molar-refractivity contribution is 9.10. The fourth-order valence-corrected chi connectivity index (χ4v) is 4.41. The number of aryl methyl sites for hydroxylation is 3. The van der Waals surface area contributed by atoms with E-state index < -0.39 is 0 Å². The monoisotopic (exact) mass is 376 g/mol. The van der Waals surface area contributed by atoms with E-state index in [9.17, 15) is 0 Å². The second kappa shape index (κ2) is 6.41. The van der Waals surface area contributed by atoms with Gasteiger partial charge in [-0.3, -0.25) is 0 Å². The molecule has 1 heteroatoms. The second-order valence-electron chi connectivity index (χ2n) is 6.24. The molecular weight excluding hydrogens is 356 g/mol. The first-order valence-electron chi connectivity index (χ1n) is 8.06. The number of fused-ring (bicyclic) bond motifs is 1. The first-order valence-corrected chi connectivity index (χ1v) is 8.86. The van der Waals surface area contributed by atoms with Gasteiger partial charge >= 0.3 is 0 Å². The number of hydrogen-bond donors (Lipinski definition) is 0. The van der Waals surface area contributed by atoms with Crippen LogP contribution in [0.2, 0.25) is 0 Å². The maximum absolute atomic E-state index is 4.08. The van der Waals surface area contributed by atoms with Gasteiger partial charge < -0.3 is 0 Å². The largest absolute Gasteiger partial charge is 0.0984 e. The number of hydrogen-bond acceptors (Lipinski definition) is 0. The van der Waals surface area contributed by atoms with E-state index in [1.54, 1.807) is 0 Å². The molecule has 3 aromatic rings. The van der Waals surface area contributed by atoms with E-state index in [4.69, 9.17) is 0 Å². The summed E-state index contributed by atoms with van der Waals surface area (Å²) in [6.45, 7) is 14.6. The van der Waals surface area contributed by atoms with E-state index in [1.165, 1.54) is 38.6 Å². The molecule has 120 valence electrons. The van der Waals surface area contributed by atoms with Gasteiger partial charge in [-0.2, -0.15) is 0 Å². The van der Waals surface area contributed by atoms with Crippen LogP contribution in [0.3, 0.4) is 0 Å². The second-order valence-corrected chi connectivity index (χ2v) is 7.04. The predicted molar refractivity (Wildman–Crippen MR) is 111 cm³/mol. The first kappa shape index (κ1) is 16.7. The van der Waals surface area contributed by atoms with Gasteiger partial charge in [-0.15, -0.1) is 0 Å². The molecule has 0 aliphatic rings. The van der Waals surface area contributed by atoms with Crippen molar-refractivity contribution in [2.24, 2.45) is 0 Å². The van der Waals surface area contributed by atoms with Crippen molar-refractivity contribution in [1.29, 1.82) is 0 Å². The Hall–Kier alpha value is -2.12. The highest BCUT2D eigenvalue weighted by Gasteiger charge is 2.18. The lowest BCUT2D eigenvalue weighted by atomic mass is 9.85. The molecular formula is C23H21Br. The molecule has 0 N–H and O–H groups in total. The number of rotatable bonds is 3. The molecule has 0 unspecified atom stereocenters. The van der Waals surface area contributed by atoms with Crippen molar-refractivity contribution in [3.63, 3.8) is 0 Å². The zero-order valence-corrected chi connectivity index (χ0v) is 16.0. The first-order chi connectivity index (χ1) is 11.5. The van der Waals surface area contributed by atoms with Crippen LogP contribution in [-0.2, 0) is 0 Å². The lowest BCUT2D eigenvalue weighted by Gasteiger charge is -2.20. The topological polar surface area (TPSA) is 0 Å². The van der Waals surface area contributed by atoms with Crippen molar-refractivity contribution in [3.05, 3.63) is 81.8 Å². The summed E-state index contributed by atoms with van der Waals surface area (Å²) in [5.74, 6) is 0. The summed E-state index contributed by atoms with van der Waals surface area (Å²) in [6, 6.07) is 13.0. The molecule has 0 saturated heterocycles. The standard InChI is InChI=1S/C23H21Br/c1-6-17-18(7-2)23(24)20-11-9-8-10-19(20)22(17)21-15(4)12-14(3)13-16(21)5/h6-13H,1-2H2,3-5H3. The fourth-order valence-electron chi connectivity index (χ4n) is 3.69. The Labute approximate surface area is 152 Å². The van der Waals surface area contributed by atoms with Crippen molar-refractivity contribution >= 4 is 38.9 Å². The van der Waals surface area contributed by atoms with E-state index >= 15 is 0 Å². The van der Waals surface area contributed by atoms with Gasteiger partial charge in [0.1, 0.15) is 0 Å². The van der Waals surface area contributed by atoms with Crippen LogP contribution in [0.1, 0.15) is 27.8 Å². The van der Waals surface area contributed by atoms with Gasteiger partial charge in [-0.25, -0.2) is 0 Å². The van der Waals surface area contributed by atoms with Gasteiger partial charge in [0.25, 0.3) is 0 Å². The van der Waals surface area contributed by atoms with Crippen LogP contribution < -0.4 is 0 Å². The average molecular weight is 377 g/mol. The molecule has 0 amide bonds. The van der Waals surface area contributed by atoms with Crippen molar-refractivity contribution in [2.75, 3.05) is 0 Å². The molecule has 0 radical (unpaired) electrons. The van der Waals surface area contributed by atoms with Crippen molar-refractivity contribution in [1.82, 2.24) is 0 Å². The molecule has 0 aliphatic carbocycles. The summed E-state index contributed by atoms with van der Waals surface area (Å²) in [7, 11) is 0. The minimum atomic E-state index is 1.08. The van der Waals surface area contributed by atoms with Gasteiger partial charge in [0, 0.05) is 4.47 Å². The maximum atomic E-state index is 4.08. The summed E-state index contributed by atoms with van der Waals surface area (Å²) in [5.41, 5.74) is 8.63. The van der Waals surface area contributed by atoms with Crippen LogP contribution in [0.25, 0.3) is 34.1 Å². The van der Waals surface area contributed by atoms with Gasteiger partial charge in [-0.05, 0) is 80.9 Å². The van der Waals surface area contributed by atoms with E-state index in [0.717, 1.165) is 15.6 Å². The molecule has 3 rings (SSSR count). The fraction of sp³-hybridized carbons (Fsp3) is 0.130. The Morgan fingerprint density at radius 3 is 1.88 bits per heavy atom. The van der Waals surface area contributed by atoms with Crippen LogP contribution in [-0.4, -0.2) is 0 Å². The van der Waals surface area contributed by atoms with Crippen LogP contribution in [0.4, 0.5) is 0 Å². The summed E-state index contributed by atoms with van der Waals surface area (Å²) < 4.78 is 1.08. The molecule has 0 atom stereocenters. The van der Waals surface area contributed by atoms with Gasteiger partial charge in [0.15, 0.2) is 0 Å². The highest BCUT2D eigenvalue weighted by Crippen LogP contribution is 2.43. The molecule has 0 spiro atoms. The van der Waals surface area contributed by atoms with Crippen molar-refractivity contribution < 1.29 is 0 Å². The third-order valence-corrected chi connectivity index (χ3v) is 5.42. The summed E-state index contributed by atoms with van der Waals surface area (Å²) in [5, 5.41) is 2.44. The lowest BCUT2D eigenvalue weighted by Crippen LogP contribution is -1.97. The van der Waals surface area contributed by atoms with E-state index in [-0.39, 0.29) is 0 Å². The zero-order valence-electron chi connectivity index (χ0n) is 14.4. The normalized spacial score (nSPS) is 10.8. The van der Waals surface area contributed by atoms with Gasteiger partial charge in [-0.1, -0.05) is 67.3 Å². The Kier molecular flexibility index (Phi) is 4.47. The Balaban J connectivity index is 2.60. The molecule has 0 nitrogen and oxygen atoms in total. The third kappa shape index (κ3) is 2.53. The molecule has 0 heterocycles. The molecule has 0 aromatic heterocycles. The Morgan fingerprint density at radius 1 is 0.792 bits per heavy atom. The minimum absolute atomic E-state index is 1.08. The van der Waals surface area contributed by atoms with Crippen LogP contribution >= 0.6 is 15.9 Å². The third-order valence-electron chi connectivity index (χ3n) is 4.56. The maximum Gasteiger partial charge on any atom is 0.0332 e. The van der Waals surface area contributed by atoms with Crippen LogP contribution in [0, 0.1) is 20.8 Å². The molecule has 0 bridgehead atoms. The summed E-state index contributed by atoms with van der Waals surface area (Å²) in [6.07, 6.45) is 3.86. The smallest absolute Gasteiger partial charge is 0.0332 e. The SMILES string of the molecule is C=Cc1c(C=C)c(-c2c(C)cc(C)cc2C)c2ccccc2c1Br. The van der Waals surface area contributed by atoms with Gasteiger partial charge in [0.05, 0.1) is 0 Å². The summed E-state index contributed by atoms with van der Waals surface area (Å²) >= 11 is 3.77. The zero-order chi connectivity index (χ0) is 17.4. The highest BCUT2D eigenvalue weighted by atomic mass is 79.9. The van der Waals surface area contributed by atoms with E-state index in [1.807, 2.05) is 12.2 Å². The van der Waals surface area contributed by atoms with Gasteiger partial charge in [0.2, 0.25) is 0 Å². The Bertz CT molecular complexity index is 954.